The molecule has 1 fully saturated rings. The summed E-state index contributed by atoms with van der Waals surface area (Å²) in [5, 5.41) is 2.64. The van der Waals surface area contributed by atoms with Gasteiger partial charge in [-0.2, -0.15) is 0 Å². The van der Waals surface area contributed by atoms with Gasteiger partial charge < -0.3 is 11.1 Å². The van der Waals surface area contributed by atoms with Gasteiger partial charge in [-0.3, -0.25) is 4.79 Å². The van der Waals surface area contributed by atoms with E-state index in [1.165, 1.54) is 6.42 Å². The van der Waals surface area contributed by atoms with Crippen molar-refractivity contribution in [3.63, 3.8) is 0 Å². The second kappa shape index (κ2) is 5.65. The molecule has 2 rings (SSSR count). The van der Waals surface area contributed by atoms with Gasteiger partial charge in [-0.15, -0.1) is 0 Å². The molecule has 0 bridgehead atoms. The molecule has 5 heteroatoms. The molecule has 3 nitrogen and oxygen atoms in total. The number of hydrogen-bond acceptors (Lipinski definition) is 2. The van der Waals surface area contributed by atoms with Crippen molar-refractivity contribution in [1.29, 1.82) is 0 Å². The minimum absolute atomic E-state index is 0.152. The van der Waals surface area contributed by atoms with Crippen molar-refractivity contribution in [3.8, 4) is 0 Å². The highest BCUT2D eigenvalue weighted by atomic mass is 19.1. The summed E-state index contributed by atoms with van der Waals surface area (Å²) >= 11 is 0. The molecule has 0 aliphatic heterocycles. The Kier molecular flexibility index (Phi) is 4.14. The largest absolute Gasteiger partial charge is 0.350 e. The lowest BCUT2D eigenvalue weighted by Crippen LogP contribution is -2.51. The van der Waals surface area contributed by atoms with Crippen LogP contribution >= 0.6 is 0 Å². The number of nitrogens with one attached hydrogen (secondary N) is 1. The molecule has 0 atom stereocenters. The van der Waals surface area contributed by atoms with Gasteiger partial charge in [0, 0.05) is 18.2 Å². The Morgan fingerprint density at radius 1 is 1.26 bits per heavy atom. The molecule has 1 aliphatic carbocycles. The Bertz CT molecular complexity index is 471. The van der Waals surface area contributed by atoms with Gasteiger partial charge in [-0.1, -0.05) is 19.3 Å². The number of halogens is 2. The number of rotatable bonds is 3. The van der Waals surface area contributed by atoms with Gasteiger partial charge in [0.25, 0.3) is 5.91 Å². The van der Waals surface area contributed by atoms with E-state index in [1.807, 2.05) is 0 Å². The van der Waals surface area contributed by atoms with Gasteiger partial charge in [0.1, 0.15) is 11.6 Å². The van der Waals surface area contributed by atoms with Crippen molar-refractivity contribution >= 4 is 5.91 Å². The lowest BCUT2D eigenvalue weighted by molar-refractivity contribution is 0.0933. The maximum atomic E-state index is 13.4. The Morgan fingerprint density at radius 3 is 2.58 bits per heavy atom. The molecule has 0 spiro atoms. The maximum absolute atomic E-state index is 13.4. The molecule has 3 N–H and O–H groups in total. The van der Waals surface area contributed by atoms with Crippen molar-refractivity contribution in [3.05, 3.63) is 35.4 Å². The topological polar surface area (TPSA) is 55.1 Å². The number of hydrogen-bond donors (Lipinski definition) is 2. The zero-order valence-corrected chi connectivity index (χ0v) is 10.7. The number of benzene rings is 1. The molecule has 0 aromatic heterocycles. The first-order chi connectivity index (χ1) is 9.00. The van der Waals surface area contributed by atoms with Gasteiger partial charge in [-0.25, -0.2) is 8.78 Å². The summed E-state index contributed by atoms with van der Waals surface area (Å²) in [6.45, 7) is 0.322. The smallest absolute Gasteiger partial charge is 0.254 e. The molecular formula is C14H18F2N2O. The third-order valence-corrected chi connectivity index (χ3v) is 3.63. The van der Waals surface area contributed by atoms with Crippen LogP contribution < -0.4 is 11.1 Å². The van der Waals surface area contributed by atoms with Crippen LogP contribution in [0.1, 0.15) is 42.5 Å². The van der Waals surface area contributed by atoms with E-state index in [9.17, 15) is 13.6 Å². The molecule has 0 unspecified atom stereocenters. The molecule has 104 valence electrons. The van der Waals surface area contributed by atoms with Crippen LogP contribution in [0.25, 0.3) is 0 Å². The van der Waals surface area contributed by atoms with Gasteiger partial charge in [0.15, 0.2) is 0 Å². The lowest BCUT2D eigenvalue weighted by Gasteiger charge is -2.33. The van der Waals surface area contributed by atoms with Crippen LogP contribution in [0, 0.1) is 11.6 Å². The molecule has 0 saturated heterocycles. The molecule has 1 saturated carbocycles. The molecule has 1 aliphatic rings. The summed E-state index contributed by atoms with van der Waals surface area (Å²) < 4.78 is 26.2. The number of nitrogens with two attached hydrogens (primary N) is 1. The Balaban J connectivity index is 1.97. The summed E-state index contributed by atoms with van der Waals surface area (Å²) in [6, 6.07) is 2.91. The minimum Gasteiger partial charge on any atom is -0.350 e. The highest BCUT2D eigenvalue weighted by molar-refractivity contribution is 5.94. The summed E-state index contributed by atoms with van der Waals surface area (Å²) in [4.78, 5) is 11.8. The van der Waals surface area contributed by atoms with Crippen molar-refractivity contribution in [2.45, 2.75) is 37.6 Å². The molecule has 1 aromatic carbocycles. The Hall–Kier alpha value is -1.49. The van der Waals surface area contributed by atoms with Crippen LogP contribution in [0.2, 0.25) is 0 Å². The molecule has 0 radical (unpaired) electrons. The predicted molar refractivity (Wildman–Crippen MR) is 68.7 cm³/mol. The van der Waals surface area contributed by atoms with Crippen molar-refractivity contribution in [2.24, 2.45) is 5.73 Å². The van der Waals surface area contributed by atoms with E-state index >= 15 is 0 Å². The van der Waals surface area contributed by atoms with Crippen LogP contribution in [0.3, 0.4) is 0 Å². The molecule has 0 heterocycles. The Labute approximate surface area is 111 Å². The monoisotopic (exact) mass is 268 g/mol. The Morgan fingerprint density at radius 2 is 1.95 bits per heavy atom. The van der Waals surface area contributed by atoms with E-state index in [2.05, 4.69) is 5.32 Å². The maximum Gasteiger partial charge on any atom is 0.254 e. The van der Waals surface area contributed by atoms with Gasteiger partial charge in [-0.05, 0) is 25.0 Å². The predicted octanol–water partition coefficient (Wildman–Crippen LogP) is 2.36. The fourth-order valence-electron chi connectivity index (χ4n) is 2.46. The second-order valence-corrected chi connectivity index (χ2v) is 5.23. The molecular weight excluding hydrogens is 250 g/mol. The van der Waals surface area contributed by atoms with E-state index in [-0.39, 0.29) is 5.56 Å². The van der Waals surface area contributed by atoms with Crippen LogP contribution in [0.4, 0.5) is 8.78 Å². The first kappa shape index (κ1) is 13.9. The number of amides is 1. The molecule has 1 amide bonds. The van der Waals surface area contributed by atoms with Crippen LogP contribution in [-0.4, -0.2) is 18.0 Å². The van der Waals surface area contributed by atoms with Crippen molar-refractivity contribution < 1.29 is 13.6 Å². The summed E-state index contributed by atoms with van der Waals surface area (Å²) in [5.41, 5.74) is 5.63. The van der Waals surface area contributed by atoms with Crippen LogP contribution in [-0.2, 0) is 0 Å². The van der Waals surface area contributed by atoms with Crippen molar-refractivity contribution in [2.75, 3.05) is 6.54 Å². The highest BCUT2D eigenvalue weighted by Gasteiger charge is 2.28. The van der Waals surface area contributed by atoms with Crippen LogP contribution in [0.5, 0.6) is 0 Å². The zero-order valence-electron chi connectivity index (χ0n) is 10.7. The SMILES string of the molecule is NC1(CNC(=O)c2ccc(F)cc2F)CCCCC1. The van der Waals surface area contributed by atoms with E-state index < -0.39 is 23.1 Å². The third-order valence-electron chi connectivity index (χ3n) is 3.63. The summed E-state index contributed by atoms with van der Waals surface area (Å²) in [7, 11) is 0. The van der Waals surface area contributed by atoms with Crippen LogP contribution in [0.15, 0.2) is 18.2 Å². The van der Waals surface area contributed by atoms with E-state index in [0.717, 1.165) is 37.8 Å². The summed E-state index contributed by atoms with van der Waals surface area (Å²) in [6.07, 6.45) is 4.99. The minimum atomic E-state index is -0.854. The van der Waals surface area contributed by atoms with Gasteiger partial charge in [0.05, 0.1) is 5.56 Å². The van der Waals surface area contributed by atoms with E-state index in [1.54, 1.807) is 0 Å². The zero-order chi connectivity index (χ0) is 13.9. The highest BCUT2D eigenvalue weighted by Crippen LogP contribution is 2.25. The standard InChI is InChI=1S/C14H18F2N2O/c15-10-4-5-11(12(16)8-10)13(19)18-9-14(17)6-2-1-3-7-14/h4-5,8H,1-3,6-7,9,17H2,(H,18,19). The summed E-state index contributed by atoms with van der Waals surface area (Å²) in [5.74, 6) is -2.10. The first-order valence-electron chi connectivity index (χ1n) is 6.52. The normalized spacial score (nSPS) is 18.1. The fraction of sp³-hybridized carbons (Fsp3) is 0.500. The lowest BCUT2D eigenvalue weighted by atomic mass is 9.82. The van der Waals surface area contributed by atoms with E-state index in [0.29, 0.717) is 12.6 Å². The second-order valence-electron chi connectivity index (χ2n) is 5.23. The first-order valence-corrected chi connectivity index (χ1v) is 6.52. The number of carbonyl (C=O) groups is 1. The molecule has 1 aromatic rings. The quantitative estimate of drug-likeness (QED) is 0.884. The molecule has 19 heavy (non-hydrogen) atoms. The average molecular weight is 268 g/mol. The van der Waals surface area contributed by atoms with Crippen molar-refractivity contribution in [1.82, 2.24) is 5.32 Å². The average Bonchev–Trinajstić information content (AvgIpc) is 2.37. The van der Waals surface area contributed by atoms with E-state index in [4.69, 9.17) is 5.73 Å². The third kappa shape index (κ3) is 3.50. The fourth-order valence-corrected chi connectivity index (χ4v) is 2.46. The number of carbonyl (C=O) groups excluding carboxylic acids is 1. The van der Waals surface area contributed by atoms with Gasteiger partial charge >= 0.3 is 0 Å². The van der Waals surface area contributed by atoms with Gasteiger partial charge in [0.2, 0.25) is 0 Å².